The highest BCUT2D eigenvalue weighted by Crippen LogP contribution is 2.33. The minimum Gasteiger partial charge on any atom is -0.361 e. The highest BCUT2D eigenvalue weighted by molar-refractivity contribution is 5.86. The molecule has 1 aliphatic rings. The monoisotopic (exact) mass is 294 g/mol. The van der Waals surface area contributed by atoms with Crippen LogP contribution in [0.2, 0.25) is 0 Å². The van der Waals surface area contributed by atoms with E-state index in [0.29, 0.717) is 6.04 Å². The maximum absolute atomic E-state index is 3.80. The lowest BCUT2D eigenvalue weighted by atomic mass is 9.87. The van der Waals surface area contributed by atoms with Gasteiger partial charge < -0.3 is 4.90 Å². The van der Waals surface area contributed by atoms with Crippen LogP contribution in [-0.4, -0.2) is 18.0 Å². The largest absolute Gasteiger partial charge is 0.361 e. The fourth-order valence-corrected chi connectivity index (χ4v) is 2.85. The zero-order chi connectivity index (χ0) is 15.9. The van der Waals surface area contributed by atoms with Gasteiger partial charge in [0.1, 0.15) is 6.17 Å². The number of hydrogen-bond acceptors (Lipinski definition) is 2. The SMILES string of the molecule is C[C@@H](NC1c2cc3ccccc3cc2C=CN1C)C(C)(C)C. The average molecular weight is 294 g/mol. The van der Waals surface area contributed by atoms with Crippen LogP contribution in [0.15, 0.2) is 42.6 Å². The first-order chi connectivity index (χ1) is 10.4. The van der Waals surface area contributed by atoms with Gasteiger partial charge in [-0.25, -0.2) is 0 Å². The van der Waals surface area contributed by atoms with Crippen LogP contribution >= 0.6 is 0 Å². The van der Waals surface area contributed by atoms with Crippen LogP contribution in [0, 0.1) is 5.41 Å². The number of benzene rings is 2. The van der Waals surface area contributed by atoms with E-state index in [1.807, 2.05) is 0 Å². The maximum atomic E-state index is 3.80. The summed E-state index contributed by atoms with van der Waals surface area (Å²) in [4.78, 5) is 2.26. The molecule has 1 N–H and O–H groups in total. The van der Waals surface area contributed by atoms with Crippen LogP contribution in [-0.2, 0) is 0 Å². The van der Waals surface area contributed by atoms with Gasteiger partial charge in [0.05, 0.1) is 0 Å². The summed E-state index contributed by atoms with van der Waals surface area (Å²) in [6, 6.07) is 13.6. The van der Waals surface area contributed by atoms with Crippen LogP contribution < -0.4 is 5.32 Å². The number of nitrogens with zero attached hydrogens (tertiary/aromatic N) is 1. The van der Waals surface area contributed by atoms with Crippen molar-refractivity contribution in [3.8, 4) is 0 Å². The fourth-order valence-electron chi connectivity index (χ4n) is 2.85. The first kappa shape index (κ1) is 15.1. The Balaban J connectivity index is 2.03. The van der Waals surface area contributed by atoms with E-state index in [4.69, 9.17) is 0 Å². The summed E-state index contributed by atoms with van der Waals surface area (Å²) in [7, 11) is 2.14. The normalized spacial score (nSPS) is 19.3. The van der Waals surface area contributed by atoms with Crippen molar-refractivity contribution in [1.82, 2.24) is 10.2 Å². The second-order valence-electron chi connectivity index (χ2n) is 7.47. The average Bonchev–Trinajstić information content (AvgIpc) is 2.47. The molecule has 2 heteroatoms. The van der Waals surface area contributed by atoms with Gasteiger partial charge in [-0.2, -0.15) is 0 Å². The predicted octanol–water partition coefficient (Wildman–Crippen LogP) is 4.78. The zero-order valence-electron chi connectivity index (χ0n) is 14.2. The number of rotatable bonds is 2. The third-order valence-electron chi connectivity index (χ3n) is 4.85. The highest BCUT2D eigenvalue weighted by Gasteiger charge is 2.27. The molecule has 0 aromatic heterocycles. The first-order valence-electron chi connectivity index (χ1n) is 8.05. The van der Waals surface area contributed by atoms with E-state index in [1.54, 1.807) is 0 Å². The molecule has 0 spiro atoms. The van der Waals surface area contributed by atoms with Gasteiger partial charge in [-0.1, -0.05) is 45.0 Å². The van der Waals surface area contributed by atoms with E-state index in [9.17, 15) is 0 Å². The Morgan fingerprint density at radius 2 is 1.73 bits per heavy atom. The van der Waals surface area contributed by atoms with E-state index in [-0.39, 0.29) is 11.6 Å². The summed E-state index contributed by atoms with van der Waals surface area (Å²) in [6.45, 7) is 9.12. The molecule has 0 fully saturated rings. The van der Waals surface area contributed by atoms with Crippen LogP contribution in [0.1, 0.15) is 45.0 Å². The Kier molecular flexibility index (Phi) is 3.73. The molecule has 2 atom stereocenters. The molecule has 2 aromatic carbocycles. The summed E-state index contributed by atoms with van der Waals surface area (Å²) in [5.41, 5.74) is 2.91. The van der Waals surface area contributed by atoms with E-state index in [1.165, 1.54) is 21.9 Å². The molecule has 0 radical (unpaired) electrons. The third-order valence-corrected chi connectivity index (χ3v) is 4.85. The van der Waals surface area contributed by atoms with Gasteiger partial charge in [0.2, 0.25) is 0 Å². The molecule has 1 heterocycles. The lowest BCUT2D eigenvalue weighted by Gasteiger charge is -2.38. The highest BCUT2D eigenvalue weighted by atomic mass is 15.3. The van der Waals surface area contributed by atoms with E-state index >= 15 is 0 Å². The number of nitrogens with one attached hydrogen (secondary N) is 1. The van der Waals surface area contributed by atoms with Gasteiger partial charge in [-0.05, 0) is 52.4 Å². The molecule has 1 unspecified atom stereocenters. The summed E-state index contributed by atoms with van der Waals surface area (Å²) in [5, 5.41) is 6.41. The van der Waals surface area contributed by atoms with Crippen LogP contribution in [0.25, 0.3) is 16.8 Å². The molecule has 2 nitrogen and oxygen atoms in total. The Labute approximate surface area is 133 Å². The summed E-state index contributed by atoms with van der Waals surface area (Å²) in [5.74, 6) is 0. The van der Waals surface area contributed by atoms with Crippen molar-refractivity contribution in [1.29, 1.82) is 0 Å². The molecular weight excluding hydrogens is 268 g/mol. The molecule has 22 heavy (non-hydrogen) atoms. The standard InChI is InChI=1S/C20H26N2/c1-14(20(2,3)4)21-19-18-13-16-9-7-6-8-15(16)12-17(18)10-11-22(19)5/h6-14,19,21H,1-5H3/t14-,19?/m1/s1. The molecule has 0 bridgehead atoms. The van der Waals surface area contributed by atoms with E-state index < -0.39 is 0 Å². The molecule has 2 aromatic rings. The van der Waals surface area contributed by atoms with Crippen molar-refractivity contribution in [3.63, 3.8) is 0 Å². The minimum atomic E-state index is 0.221. The van der Waals surface area contributed by atoms with Crippen LogP contribution in [0.4, 0.5) is 0 Å². The molecule has 0 amide bonds. The first-order valence-corrected chi connectivity index (χ1v) is 8.05. The van der Waals surface area contributed by atoms with Gasteiger partial charge in [0, 0.05) is 19.3 Å². The van der Waals surface area contributed by atoms with Gasteiger partial charge >= 0.3 is 0 Å². The lowest BCUT2D eigenvalue weighted by molar-refractivity contribution is 0.192. The van der Waals surface area contributed by atoms with Crippen molar-refractivity contribution < 1.29 is 0 Å². The van der Waals surface area contributed by atoms with Gasteiger partial charge in [0.25, 0.3) is 0 Å². The molecule has 0 aliphatic carbocycles. The van der Waals surface area contributed by atoms with Crippen LogP contribution in [0.3, 0.4) is 0 Å². The predicted molar refractivity (Wildman–Crippen MR) is 95.5 cm³/mol. The molecule has 3 rings (SSSR count). The second kappa shape index (κ2) is 5.44. The zero-order valence-corrected chi connectivity index (χ0v) is 14.2. The van der Waals surface area contributed by atoms with Gasteiger partial charge in [0.15, 0.2) is 0 Å². The third kappa shape index (κ3) is 2.76. The molecule has 0 saturated carbocycles. The Morgan fingerprint density at radius 3 is 2.36 bits per heavy atom. The Morgan fingerprint density at radius 1 is 1.09 bits per heavy atom. The van der Waals surface area contributed by atoms with Crippen molar-refractivity contribution in [2.75, 3.05) is 7.05 Å². The van der Waals surface area contributed by atoms with Crippen molar-refractivity contribution in [2.24, 2.45) is 5.41 Å². The number of fused-ring (bicyclic) bond motifs is 2. The Bertz CT molecular complexity index is 709. The summed E-state index contributed by atoms with van der Waals surface area (Å²) in [6.07, 6.45) is 4.60. The van der Waals surface area contributed by atoms with Crippen molar-refractivity contribution in [3.05, 3.63) is 53.7 Å². The van der Waals surface area contributed by atoms with Gasteiger partial charge in [-0.15, -0.1) is 0 Å². The van der Waals surface area contributed by atoms with E-state index in [2.05, 4.69) is 93.6 Å². The quantitative estimate of drug-likeness (QED) is 0.857. The Hall–Kier alpha value is -1.80. The lowest BCUT2D eigenvalue weighted by Crippen LogP contribution is -2.45. The minimum absolute atomic E-state index is 0.221. The van der Waals surface area contributed by atoms with Crippen LogP contribution in [0.5, 0.6) is 0 Å². The molecular formula is C20H26N2. The fraction of sp³-hybridized carbons (Fsp3) is 0.400. The van der Waals surface area contributed by atoms with E-state index in [0.717, 1.165) is 0 Å². The van der Waals surface area contributed by atoms with Gasteiger partial charge in [-0.3, -0.25) is 5.32 Å². The molecule has 0 saturated heterocycles. The topological polar surface area (TPSA) is 15.3 Å². The second-order valence-corrected chi connectivity index (χ2v) is 7.47. The van der Waals surface area contributed by atoms with Crippen molar-refractivity contribution in [2.45, 2.75) is 39.9 Å². The summed E-state index contributed by atoms with van der Waals surface area (Å²) < 4.78 is 0. The smallest absolute Gasteiger partial charge is 0.106 e. The molecule has 1 aliphatic heterocycles. The summed E-state index contributed by atoms with van der Waals surface area (Å²) >= 11 is 0. The maximum Gasteiger partial charge on any atom is 0.106 e. The molecule has 116 valence electrons. The van der Waals surface area contributed by atoms with Crippen molar-refractivity contribution >= 4 is 16.8 Å². The number of hydrogen-bond donors (Lipinski definition) is 1.